The minimum Gasteiger partial charge on any atom is -0.495 e. The lowest BCUT2D eigenvalue weighted by Gasteiger charge is -2.13. The quantitative estimate of drug-likeness (QED) is 0.929. The number of anilines is 1. The summed E-state index contributed by atoms with van der Waals surface area (Å²) in [7, 11) is 1.58. The zero-order chi connectivity index (χ0) is 14.8. The van der Waals surface area contributed by atoms with Gasteiger partial charge in [-0.1, -0.05) is 11.6 Å². The van der Waals surface area contributed by atoms with Crippen molar-refractivity contribution in [2.75, 3.05) is 19.0 Å². The molecule has 1 heterocycles. The number of hydrogen-bond donors (Lipinski definition) is 1. The standard InChI is InChI=1S/C16H15ClFNO2/c1-20-16-5-3-12(8-14(16)17)19-9-13-7-10-6-11(18)2-4-15(10)21-13/h2-6,8,13,19H,7,9H2,1H3. The summed E-state index contributed by atoms with van der Waals surface area (Å²) in [6, 6.07) is 10.1. The molecule has 21 heavy (non-hydrogen) atoms. The molecule has 0 aromatic heterocycles. The van der Waals surface area contributed by atoms with Gasteiger partial charge in [0, 0.05) is 17.7 Å². The SMILES string of the molecule is COc1ccc(NCC2Cc3cc(F)ccc3O2)cc1Cl. The lowest BCUT2D eigenvalue weighted by atomic mass is 10.1. The van der Waals surface area contributed by atoms with E-state index >= 15 is 0 Å². The molecular weight excluding hydrogens is 293 g/mol. The van der Waals surface area contributed by atoms with E-state index in [9.17, 15) is 4.39 Å². The number of nitrogens with one attached hydrogen (secondary N) is 1. The molecule has 1 N–H and O–H groups in total. The molecule has 0 amide bonds. The first-order valence-electron chi connectivity index (χ1n) is 6.68. The van der Waals surface area contributed by atoms with E-state index in [4.69, 9.17) is 21.1 Å². The van der Waals surface area contributed by atoms with Crippen molar-refractivity contribution in [3.63, 3.8) is 0 Å². The highest BCUT2D eigenvalue weighted by Gasteiger charge is 2.23. The molecule has 3 nitrogen and oxygen atoms in total. The molecule has 0 aliphatic carbocycles. The summed E-state index contributed by atoms with van der Waals surface area (Å²) in [4.78, 5) is 0. The van der Waals surface area contributed by atoms with E-state index in [1.807, 2.05) is 18.2 Å². The number of benzene rings is 2. The molecule has 0 saturated carbocycles. The van der Waals surface area contributed by atoms with E-state index in [-0.39, 0.29) is 11.9 Å². The van der Waals surface area contributed by atoms with Crippen molar-refractivity contribution in [1.29, 1.82) is 0 Å². The topological polar surface area (TPSA) is 30.5 Å². The zero-order valence-electron chi connectivity index (χ0n) is 11.5. The third-order valence-electron chi connectivity index (χ3n) is 3.45. The predicted molar refractivity (Wildman–Crippen MR) is 81.0 cm³/mol. The predicted octanol–water partition coefficient (Wildman–Crippen LogP) is 3.90. The third-order valence-corrected chi connectivity index (χ3v) is 3.74. The van der Waals surface area contributed by atoms with Crippen molar-refractivity contribution < 1.29 is 13.9 Å². The largest absolute Gasteiger partial charge is 0.495 e. The van der Waals surface area contributed by atoms with Gasteiger partial charge in [0.25, 0.3) is 0 Å². The van der Waals surface area contributed by atoms with Gasteiger partial charge in [-0.15, -0.1) is 0 Å². The van der Waals surface area contributed by atoms with E-state index in [2.05, 4.69) is 5.32 Å². The molecule has 2 aromatic rings. The highest BCUT2D eigenvalue weighted by atomic mass is 35.5. The summed E-state index contributed by atoms with van der Waals surface area (Å²) >= 11 is 6.08. The van der Waals surface area contributed by atoms with E-state index in [1.54, 1.807) is 13.2 Å². The molecule has 1 atom stereocenters. The first kappa shape index (κ1) is 14.0. The Labute approximate surface area is 127 Å². The summed E-state index contributed by atoms with van der Waals surface area (Å²) < 4.78 is 24.0. The summed E-state index contributed by atoms with van der Waals surface area (Å²) in [6.45, 7) is 0.624. The number of methoxy groups -OCH3 is 1. The first-order chi connectivity index (χ1) is 10.2. The fourth-order valence-electron chi connectivity index (χ4n) is 2.41. The number of rotatable bonds is 4. The second kappa shape index (κ2) is 5.82. The monoisotopic (exact) mass is 307 g/mol. The Morgan fingerprint density at radius 3 is 2.95 bits per heavy atom. The van der Waals surface area contributed by atoms with Crippen LogP contribution >= 0.6 is 11.6 Å². The Morgan fingerprint density at radius 1 is 1.33 bits per heavy atom. The van der Waals surface area contributed by atoms with Crippen LogP contribution in [0.3, 0.4) is 0 Å². The van der Waals surface area contributed by atoms with Gasteiger partial charge in [-0.2, -0.15) is 0 Å². The van der Waals surface area contributed by atoms with Crippen LogP contribution in [0.15, 0.2) is 36.4 Å². The summed E-state index contributed by atoms with van der Waals surface area (Å²) in [5.74, 6) is 1.17. The number of ether oxygens (including phenoxy) is 2. The van der Waals surface area contributed by atoms with Gasteiger partial charge in [0.15, 0.2) is 0 Å². The summed E-state index contributed by atoms with van der Waals surface area (Å²) in [5, 5.41) is 3.83. The molecule has 3 rings (SSSR count). The molecule has 0 bridgehead atoms. The molecule has 1 unspecified atom stereocenters. The van der Waals surface area contributed by atoms with Crippen molar-refractivity contribution >= 4 is 17.3 Å². The summed E-state index contributed by atoms with van der Waals surface area (Å²) in [5.41, 5.74) is 1.81. The van der Waals surface area contributed by atoms with Crippen molar-refractivity contribution in [2.45, 2.75) is 12.5 Å². The summed E-state index contributed by atoms with van der Waals surface area (Å²) in [6.07, 6.45) is 0.687. The van der Waals surface area contributed by atoms with Crippen molar-refractivity contribution in [2.24, 2.45) is 0 Å². The van der Waals surface area contributed by atoms with Gasteiger partial charge >= 0.3 is 0 Å². The van der Waals surface area contributed by atoms with Gasteiger partial charge < -0.3 is 14.8 Å². The normalized spacial score (nSPS) is 16.2. The van der Waals surface area contributed by atoms with Crippen molar-refractivity contribution in [3.8, 4) is 11.5 Å². The maximum absolute atomic E-state index is 13.2. The van der Waals surface area contributed by atoms with Crippen LogP contribution in [0.2, 0.25) is 5.02 Å². The molecule has 110 valence electrons. The Hall–Kier alpha value is -1.94. The Morgan fingerprint density at radius 2 is 2.19 bits per heavy atom. The third kappa shape index (κ3) is 3.05. The fraction of sp³-hybridized carbons (Fsp3) is 0.250. The van der Waals surface area contributed by atoms with Gasteiger partial charge in [0.1, 0.15) is 23.4 Å². The second-order valence-electron chi connectivity index (χ2n) is 4.93. The second-order valence-corrected chi connectivity index (χ2v) is 5.33. The maximum Gasteiger partial charge on any atom is 0.137 e. The van der Waals surface area contributed by atoms with Crippen molar-refractivity contribution in [3.05, 3.63) is 52.8 Å². The van der Waals surface area contributed by atoms with E-state index in [0.29, 0.717) is 23.7 Å². The zero-order valence-corrected chi connectivity index (χ0v) is 12.3. The van der Waals surface area contributed by atoms with Gasteiger partial charge in [-0.3, -0.25) is 0 Å². The maximum atomic E-state index is 13.2. The molecule has 0 fully saturated rings. The minimum atomic E-state index is -0.229. The lowest BCUT2D eigenvalue weighted by molar-refractivity contribution is 0.246. The van der Waals surface area contributed by atoms with Crippen LogP contribution in [0.4, 0.5) is 10.1 Å². The Kier molecular flexibility index (Phi) is 3.88. The van der Waals surface area contributed by atoms with Gasteiger partial charge in [0.2, 0.25) is 0 Å². The van der Waals surface area contributed by atoms with E-state index in [0.717, 1.165) is 17.0 Å². The van der Waals surface area contributed by atoms with Gasteiger partial charge in [-0.05, 0) is 36.4 Å². The average Bonchev–Trinajstić information content (AvgIpc) is 2.87. The lowest BCUT2D eigenvalue weighted by Crippen LogP contribution is -2.23. The van der Waals surface area contributed by atoms with Crippen LogP contribution in [-0.4, -0.2) is 19.8 Å². The van der Waals surface area contributed by atoms with Crippen LogP contribution in [0, 0.1) is 5.82 Å². The van der Waals surface area contributed by atoms with Crippen LogP contribution in [0.5, 0.6) is 11.5 Å². The Balaban J connectivity index is 1.61. The molecule has 2 aromatic carbocycles. The molecule has 1 aliphatic heterocycles. The average molecular weight is 308 g/mol. The smallest absolute Gasteiger partial charge is 0.137 e. The highest BCUT2D eigenvalue weighted by Crippen LogP contribution is 2.30. The molecule has 5 heteroatoms. The molecule has 0 saturated heterocycles. The number of fused-ring (bicyclic) bond motifs is 1. The number of hydrogen-bond acceptors (Lipinski definition) is 3. The van der Waals surface area contributed by atoms with Crippen molar-refractivity contribution in [1.82, 2.24) is 0 Å². The molecule has 0 spiro atoms. The minimum absolute atomic E-state index is 0.0114. The number of halogens is 2. The van der Waals surface area contributed by atoms with E-state index in [1.165, 1.54) is 12.1 Å². The molecule has 0 radical (unpaired) electrons. The van der Waals surface area contributed by atoms with Crippen LogP contribution in [0.1, 0.15) is 5.56 Å². The van der Waals surface area contributed by atoms with Crippen LogP contribution in [-0.2, 0) is 6.42 Å². The molecular formula is C16H15ClFNO2. The van der Waals surface area contributed by atoms with E-state index < -0.39 is 0 Å². The van der Waals surface area contributed by atoms with Crippen LogP contribution in [0.25, 0.3) is 0 Å². The van der Waals surface area contributed by atoms with Crippen LogP contribution < -0.4 is 14.8 Å². The van der Waals surface area contributed by atoms with Gasteiger partial charge in [-0.25, -0.2) is 4.39 Å². The Bertz CT molecular complexity index is 663. The molecule has 1 aliphatic rings. The van der Waals surface area contributed by atoms with Gasteiger partial charge in [0.05, 0.1) is 18.7 Å². The first-order valence-corrected chi connectivity index (χ1v) is 7.06. The highest BCUT2D eigenvalue weighted by molar-refractivity contribution is 6.32. The fourth-order valence-corrected chi connectivity index (χ4v) is 2.67.